The zero-order chi connectivity index (χ0) is 24.2. The van der Waals surface area contributed by atoms with Crippen molar-refractivity contribution in [1.29, 1.82) is 5.26 Å². The quantitative estimate of drug-likeness (QED) is 0.322. The molecule has 1 atom stereocenters. The summed E-state index contributed by atoms with van der Waals surface area (Å²) in [7, 11) is 0. The number of nitriles is 1. The zero-order valence-corrected chi connectivity index (χ0v) is 19.7. The van der Waals surface area contributed by atoms with Gasteiger partial charge in [0, 0.05) is 21.7 Å². The van der Waals surface area contributed by atoms with E-state index < -0.39 is 11.9 Å². The molecule has 4 rings (SSSR count). The first-order valence-corrected chi connectivity index (χ1v) is 11.3. The summed E-state index contributed by atoms with van der Waals surface area (Å²) in [6.07, 6.45) is 0.894. The van der Waals surface area contributed by atoms with Crippen molar-refractivity contribution in [2.24, 2.45) is 5.73 Å². The number of hydrogen-bond donors (Lipinski definition) is 1. The van der Waals surface area contributed by atoms with E-state index in [1.54, 1.807) is 60.7 Å². The van der Waals surface area contributed by atoms with Gasteiger partial charge in [-0.25, -0.2) is 4.79 Å². The SMILES string of the molecule is CCCOc1ccc(C(=O)Oc2ccc3c(c2)OC(N)=C(C#N)C3c2ccc(Cl)cc2Cl)cc1. The lowest BCUT2D eigenvalue weighted by Gasteiger charge is -2.27. The molecule has 0 amide bonds. The first kappa shape index (κ1) is 23.5. The Morgan fingerprint density at radius 3 is 2.44 bits per heavy atom. The van der Waals surface area contributed by atoms with Crippen molar-refractivity contribution in [2.75, 3.05) is 6.61 Å². The molecule has 2 N–H and O–H groups in total. The van der Waals surface area contributed by atoms with Crippen LogP contribution in [-0.4, -0.2) is 12.6 Å². The Balaban J connectivity index is 1.61. The van der Waals surface area contributed by atoms with Crippen LogP contribution in [0.15, 0.2) is 72.1 Å². The van der Waals surface area contributed by atoms with E-state index in [0.717, 1.165) is 6.42 Å². The normalized spacial score (nSPS) is 14.6. The summed E-state index contributed by atoms with van der Waals surface area (Å²) in [6.45, 7) is 2.62. The van der Waals surface area contributed by atoms with Gasteiger partial charge < -0.3 is 19.9 Å². The second-order valence-electron chi connectivity index (χ2n) is 7.55. The minimum absolute atomic E-state index is 0.0443. The molecule has 172 valence electrons. The number of allylic oxidation sites excluding steroid dienone is 1. The van der Waals surface area contributed by atoms with E-state index >= 15 is 0 Å². The number of carbonyl (C=O) groups excluding carboxylic acids is 1. The summed E-state index contributed by atoms with van der Waals surface area (Å²) < 4.78 is 16.8. The molecule has 3 aromatic rings. The Bertz CT molecular complexity index is 1310. The molecule has 0 aliphatic carbocycles. The van der Waals surface area contributed by atoms with Gasteiger partial charge in [-0.2, -0.15) is 5.26 Å². The van der Waals surface area contributed by atoms with Crippen molar-refractivity contribution in [3.8, 4) is 23.3 Å². The third-order valence-electron chi connectivity index (χ3n) is 5.24. The van der Waals surface area contributed by atoms with Crippen LogP contribution in [0.2, 0.25) is 10.0 Å². The maximum atomic E-state index is 12.6. The number of fused-ring (bicyclic) bond motifs is 1. The molecule has 0 aromatic heterocycles. The van der Waals surface area contributed by atoms with E-state index in [2.05, 4.69) is 6.07 Å². The van der Waals surface area contributed by atoms with Crippen molar-refractivity contribution < 1.29 is 19.0 Å². The average Bonchev–Trinajstić information content (AvgIpc) is 2.82. The van der Waals surface area contributed by atoms with E-state index in [-0.39, 0.29) is 17.2 Å². The van der Waals surface area contributed by atoms with Gasteiger partial charge in [-0.1, -0.05) is 42.3 Å². The minimum Gasteiger partial charge on any atom is -0.494 e. The number of rotatable bonds is 6. The number of esters is 1. The Kier molecular flexibility index (Phi) is 6.97. The number of nitrogens with two attached hydrogens (primary N) is 1. The van der Waals surface area contributed by atoms with Gasteiger partial charge in [-0.05, 0) is 54.4 Å². The lowest BCUT2D eigenvalue weighted by Crippen LogP contribution is -2.21. The van der Waals surface area contributed by atoms with Gasteiger partial charge in [-0.3, -0.25) is 0 Å². The summed E-state index contributed by atoms with van der Waals surface area (Å²) in [5, 5.41) is 10.6. The number of nitrogens with zero attached hydrogens (tertiary/aromatic N) is 1. The molecule has 0 saturated carbocycles. The lowest BCUT2D eigenvalue weighted by atomic mass is 9.83. The Morgan fingerprint density at radius 1 is 1.06 bits per heavy atom. The van der Waals surface area contributed by atoms with Gasteiger partial charge in [0.2, 0.25) is 5.88 Å². The highest BCUT2D eigenvalue weighted by Crippen LogP contribution is 2.45. The second-order valence-corrected chi connectivity index (χ2v) is 8.40. The van der Waals surface area contributed by atoms with Crippen LogP contribution in [0.4, 0.5) is 0 Å². The molecule has 3 aromatic carbocycles. The molecule has 8 heteroatoms. The minimum atomic E-state index is -0.557. The molecule has 0 saturated heterocycles. The molecule has 0 spiro atoms. The molecular weight excluding hydrogens is 475 g/mol. The molecule has 1 heterocycles. The number of ether oxygens (including phenoxy) is 3. The Labute approximate surface area is 207 Å². The number of carbonyl (C=O) groups is 1. The van der Waals surface area contributed by atoms with Gasteiger partial charge in [0.05, 0.1) is 18.1 Å². The van der Waals surface area contributed by atoms with E-state index in [0.29, 0.717) is 44.8 Å². The van der Waals surface area contributed by atoms with Gasteiger partial charge in [0.15, 0.2) is 0 Å². The van der Waals surface area contributed by atoms with Crippen molar-refractivity contribution in [3.05, 3.63) is 98.9 Å². The molecule has 1 unspecified atom stereocenters. The standard InChI is InChI=1S/C26H20Cl2N2O4/c1-2-11-32-17-6-3-15(4-7-17)26(31)33-18-8-10-20-23(13-18)34-25(30)21(14-29)24(20)19-9-5-16(27)12-22(19)28/h3-10,12-13,24H,2,11,30H2,1H3. The fraction of sp³-hybridized carbons (Fsp3) is 0.154. The van der Waals surface area contributed by atoms with Gasteiger partial charge in [-0.15, -0.1) is 0 Å². The number of halogens is 2. The van der Waals surface area contributed by atoms with Crippen LogP contribution in [0.1, 0.15) is 40.7 Å². The van der Waals surface area contributed by atoms with E-state index in [1.165, 1.54) is 0 Å². The molecule has 1 aliphatic rings. The van der Waals surface area contributed by atoms with Crippen molar-refractivity contribution in [2.45, 2.75) is 19.3 Å². The average molecular weight is 495 g/mol. The van der Waals surface area contributed by atoms with Crippen LogP contribution >= 0.6 is 23.2 Å². The van der Waals surface area contributed by atoms with E-state index in [4.69, 9.17) is 43.1 Å². The van der Waals surface area contributed by atoms with Crippen LogP contribution < -0.4 is 19.9 Å². The number of benzene rings is 3. The molecular formula is C26H20Cl2N2O4. The smallest absolute Gasteiger partial charge is 0.343 e. The van der Waals surface area contributed by atoms with Crippen LogP contribution in [0.3, 0.4) is 0 Å². The predicted molar refractivity (Wildman–Crippen MR) is 129 cm³/mol. The highest BCUT2D eigenvalue weighted by Gasteiger charge is 2.32. The highest BCUT2D eigenvalue weighted by atomic mass is 35.5. The predicted octanol–water partition coefficient (Wildman–Crippen LogP) is 6.22. The summed E-state index contributed by atoms with van der Waals surface area (Å²) in [4.78, 5) is 12.6. The first-order valence-electron chi connectivity index (χ1n) is 10.5. The fourth-order valence-electron chi connectivity index (χ4n) is 3.63. The second kappa shape index (κ2) is 10.1. The molecule has 0 fully saturated rings. The maximum Gasteiger partial charge on any atom is 0.343 e. The fourth-order valence-corrected chi connectivity index (χ4v) is 4.15. The van der Waals surface area contributed by atoms with Crippen LogP contribution in [-0.2, 0) is 0 Å². The van der Waals surface area contributed by atoms with Crippen molar-refractivity contribution >= 4 is 29.2 Å². The summed E-state index contributed by atoms with van der Waals surface area (Å²) in [5.41, 5.74) is 7.97. The molecule has 6 nitrogen and oxygen atoms in total. The molecule has 0 radical (unpaired) electrons. The van der Waals surface area contributed by atoms with Gasteiger partial charge in [0.1, 0.15) is 28.9 Å². The lowest BCUT2D eigenvalue weighted by molar-refractivity contribution is 0.0734. The maximum absolute atomic E-state index is 12.6. The van der Waals surface area contributed by atoms with E-state index in [9.17, 15) is 10.1 Å². The van der Waals surface area contributed by atoms with Crippen LogP contribution in [0.5, 0.6) is 17.2 Å². The zero-order valence-electron chi connectivity index (χ0n) is 18.2. The largest absolute Gasteiger partial charge is 0.494 e. The number of hydrogen-bond acceptors (Lipinski definition) is 6. The third kappa shape index (κ3) is 4.81. The summed E-state index contributed by atoms with van der Waals surface area (Å²) >= 11 is 12.5. The van der Waals surface area contributed by atoms with E-state index in [1.807, 2.05) is 6.92 Å². The van der Waals surface area contributed by atoms with Gasteiger partial charge >= 0.3 is 5.97 Å². The first-order chi connectivity index (χ1) is 16.4. The topological polar surface area (TPSA) is 94.6 Å². The van der Waals surface area contributed by atoms with Crippen molar-refractivity contribution in [1.82, 2.24) is 0 Å². The highest BCUT2D eigenvalue weighted by molar-refractivity contribution is 6.35. The monoisotopic (exact) mass is 494 g/mol. The van der Waals surface area contributed by atoms with Gasteiger partial charge in [0.25, 0.3) is 0 Å². The molecule has 0 bridgehead atoms. The van der Waals surface area contributed by atoms with Crippen molar-refractivity contribution in [3.63, 3.8) is 0 Å². The summed E-state index contributed by atoms with van der Waals surface area (Å²) in [6, 6.07) is 18.8. The van der Waals surface area contributed by atoms with Crippen LogP contribution in [0.25, 0.3) is 0 Å². The molecule has 1 aliphatic heterocycles. The summed E-state index contributed by atoms with van der Waals surface area (Å²) in [5.74, 6) is 0.181. The Morgan fingerprint density at radius 2 is 1.76 bits per heavy atom. The Hall–Kier alpha value is -3.66. The van der Waals surface area contributed by atoms with Crippen LogP contribution in [0, 0.1) is 11.3 Å². The third-order valence-corrected chi connectivity index (χ3v) is 5.80. The molecule has 34 heavy (non-hydrogen) atoms.